The zero-order valence-electron chi connectivity index (χ0n) is 13.0. The Balaban J connectivity index is 1.94. The minimum atomic E-state index is -3.26. The maximum Gasteiger partial charge on any atom is 0.330 e. The highest BCUT2D eigenvalue weighted by molar-refractivity contribution is 8.07. The van der Waals surface area contributed by atoms with Gasteiger partial charge in [-0.1, -0.05) is 11.6 Å². The van der Waals surface area contributed by atoms with Crippen LogP contribution in [0.1, 0.15) is 20.1 Å². The molecule has 1 aromatic heterocycles. The number of ether oxygens (including phenoxy) is 1. The summed E-state index contributed by atoms with van der Waals surface area (Å²) in [7, 11) is 0. The van der Waals surface area contributed by atoms with E-state index in [4.69, 9.17) is 41.7 Å². The molecule has 0 amide bonds. The van der Waals surface area contributed by atoms with E-state index in [2.05, 4.69) is 0 Å². The van der Waals surface area contributed by atoms with Crippen molar-refractivity contribution < 1.29 is 27.1 Å². The molecule has 0 spiro atoms. The first-order valence-electron chi connectivity index (χ1n) is 7.19. The summed E-state index contributed by atoms with van der Waals surface area (Å²) in [6, 6.07) is 0. The second-order valence-corrected chi connectivity index (χ2v) is 9.26. The third-order valence-corrected chi connectivity index (χ3v) is 6.37. The molecule has 1 aromatic rings. The summed E-state index contributed by atoms with van der Waals surface area (Å²) in [5, 5.41) is -2.77. The van der Waals surface area contributed by atoms with Crippen LogP contribution in [0.5, 0.6) is 0 Å². The number of hydrogen-bond acceptors (Lipinski definition) is 7. The number of halogens is 3. The van der Waals surface area contributed by atoms with E-state index in [1.807, 2.05) is 0 Å². The van der Waals surface area contributed by atoms with Gasteiger partial charge in [-0.05, 0) is 25.7 Å². The van der Waals surface area contributed by atoms with Crippen LogP contribution in [-0.2, 0) is 30.1 Å². The van der Waals surface area contributed by atoms with Crippen LogP contribution in [0.3, 0.4) is 0 Å². The average Bonchev–Trinajstić information content (AvgIpc) is 2.73. The van der Waals surface area contributed by atoms with E-state index in [0.717, 1.165) is 0 Å². The van der Waals surface area contributed by atoms with Gasteiger partial charge < -0.3 is 13.8 Å². The molecule has 0 unspecified atom stereocenters. The maximum absolute atomic E-state index is 15.2. The fourth-order valence-electron chi connectivity index (χ4n) is 2.51. The first-order chi connectivity index (χ1) is 11.5. The highest BCUT2D eigenvalue weighted by Crippen LogP contribution is 2.61. The molecule has 0 aromatic carbocycles. The van der Waals surface area contributed by atoms with Gasteiger partial charge in [0.25, 0.3) is 10.7 Å². The lowest BCUT2D eigenvalue weighted by molar-refractivity contribution is -0.0659. The van der Waals surface area contributed by atoms with E-state index in [0.29, 0.717) is 10.8 Å². The molecule has 0 saturated carbocycles. The normalized spacial score (nSPS) is 38.1. The number of rotatable bonds is 3. The molecule has 0 bridgehead atoms. The minimum absolute atomic E-state index is 0.176. The molecule has 3 heterocycles. The standard InChI is InChI=1S/C12H14ClF2N2O6PS/c1-5(2)22-24(25)20-4-7-8(23-24)12(13,15)10(21-7)17-3-6(14)9(18)16-11(17)19/h3,5,7-8,10H,4H2,1-2H3,(H,16,18,19)/t7-,8-,10-,12+,24+/m1/s1. The van der Waals surface area contributed by atoms with Gasteiger partial charge in [-0.3, -0.25) is 18.9 Å². The highest BCUT2D eigenvalue weighted by Gasteiger charge is 2.62. The lowest BCUT2D eigenvalue weighted by atomic mass is 10.1. The lowest BCUT2D eigenvalue weighted by Gasteiger charge is -2.35. The second kappa shape index (κ2) is 6.49. The topological polar surface area (TPSA) is 91.8 Å². The van der Waals surface area contributed by atoms with Crippen molar-refractivity contribution in [2.45, 2.75) is 43.5 Å². The number of alkyl halides is 2. The van der Waals surface area contributed by atoms with Gasteiger partial charge in [-0.2, -0.15) is 4.39 Å². The van der Waals surface area contributed by atoms with Crippen LogP contribution in [-0.4, -0.2) is 39.6 Å². The van der Waals surface area contributed by atoms with Gasteiger partial charge in [0.2, 0.25) is 5.82 Å². The van der Waals surface area contributed by atoms with Crippen molar-refractivity contribution in [3.63, 3.8) is 0 Å². The number of hydrogen-bond donors (Lipinski definition) is 1. The maximum atomic E-state index is 15.2. The Bertz CT molecular complexity index is 846. The number of nitrogens with one attached hydrogen (secondary N) is 1. The molecule has 140 valence electrons. The Kier molecular flexibility index (Phi) is 4.95. The fourth-order valence-corrected chi connectivity index (χ4v) is 5.48. The van der Waals surface area contributed by atoms with E-state index in [-0.39, 0.29) is 12.7 Å². The molecule has 2 saturated heterocycles. The Hall–Kier alpha value is -0.680. The van der Waals surface area contributed by atoms with Gasteiger partial charge in [0, 0.05) is 0 Å². The molecule has 0 radical (unpaired) electrons. The third-order valence-electron chi connectivity index (χ3n) is 3.51. The van der Waals surface area contributed by atoms with Gasteiger partial charge >= 0.3 is 12.4 Å². The number of H-pyrrole nitrogens is 1. The highest BCUT2D eigenvalue weighted by atomic mass is 35.5. The van der Waals surface area contributed by atoms with Crippen LogP contribution in [0.2, 0.25) is 0 Å². The monoisotopic (exact) mass is 418 g/mol. The quantitative estimate of drug-likeness (QED) is 0.588. The third kappa shape index (κ3) is 3.46. The number of nitrogens with zero attached hydrogens (tertiary/aromatic N) is 1. The van der Waals surface area contributed by atoms with Crippen molar-refractivity contribution in [2.75, 3.05) is 6.61 Å². The van der Waals surface area contributed by atoms with Crippen LogP contribution in [0.4, 0.5) is 8.78 Å². The van der Waals surface area contributed by atoms with Crippen molar-refractivity contribution in [1.29, 1.82) is 0 Å². The van der Waals surface area contributed by atoms with Crippen LogP contribution >= 0.6 is 18.3 Å². The van der Waals surface area contributed by atoms with Crippen molar-refractivity contribution in [2.24, 2.45) is 0 Å². The van der Waals surface area contributed by atoms with E-state index < -0.39 is 47.3 Å². The molecule has 2 aliphatic rings. The van der Waals surface area contributed by atoms with Crippen LogP contribution < -0.4 is 11.2 Å². The molecule has 2 fully saturated rings. The SMILES string of the molecule is CC(C)O[P@@]1(=S)OC[C@H]2O[C@@H](n3cc(F)c(=O)[nH]c3=O)[C@](F)(Cl)[C@@H]2O1. The number of aromatic amines is 1. The Morgan fingerprint density at radius 2 is 2.24 bits per heavy atom. The zero-order chi connectivity index (χ0) is 18.6. The van der Waals surface area contributed by atoms with Crippen LogP contribution in [0.15, 0.2) is 15.8 Å². The Labute approximate surface area is 150 Å². The fraction of sp³-hybridized carbons (Fsp3) is 0.667. The molecule has 3 rings (SSSR count). The summed E-state index contributed by atoms with van der Waals surface area (Å²) in [5.41, 5.74) is -2.33. The summed E-state index contributed by atoms with van der Waals surface area (Å²) in [6.45, 7) is -0.0312. The van der Waals surface area contributed by atoms with Gasteiger partial charge in [0.1, 0.15) is 12.2 Å². The molecule has 5 atom stereocenters. The lowest BCUT2D eigenvalue weighted by Crippen LogP contribution is -2.45. The van der Waals surface area contributed by atoms with Gasteiger partial charge in [-0.15, -0.1) is 0 Å². The van der Waals surface area contributed by atoms with E-state index in [9.17, 15) is 14.0 Å². The summed E-state index contributed by atoms with van der Waals surface area (Å²) in [5.74, 6) is -1.30. The van der Waals surface area contributed by atoms with Gasteiger partial charge in [0.05, 0.1) is 18.9 Å². The van der Waals surface area contributed by atoms with Crippen LogP contribution in [0.25, 0.3) is 0 Å². The second-order valence-electron chi connectivity index (χ2n) is 5.77. The van der Waals surface area contributed by atoms with Crippen molar-refractivity contribution in [1.82, 2.24) is 9.55 Å². The summed E-state index contributed by atoms with van der Waals surface area (Å²) >= 11 is 11.1. The minimum Gasteiger partial charge on any atom is -0.344 e. The summed E-state index contributed by atoms with van der Waals surface area (Å²) in [6.07, 6.45) is -3.98. The van der Waals surface area contributed by atoms with Crippen molar-refractivity contribution >= 4 is 30.1 Å². The Morgan fingerprint density at radius 3 is 2.88 bits per heavy atom. The first kappa shape index (κ1) is 19.1. The Morgan fingerprint density at radius 1 is 1.56 bits per heavy atom. The average molecular weight is 419 g/mol. The van der Waals surface area contributed by atoms with Gasteiger partial charge in [0.15, 0.2) is 6.23 Å². The van der Waals surface area contributed by atoms with Gasteiger partial charge in [-0.25, -0.2) is 9.18 Å². The van der Waals surface area contributed by atoms with Crippen LogP contribution in [0, 0.1) is 5.82 Å². The van der Waals surface area contributed by atoms with E-state index in [1.165, 1.54) is 0 Å². The summed E-state index contributed by atoms with van der Waals surface area (Å²) < 4.78 is 50.8. The predicted octanol–water partition coefficient (Wildman–Crippen LogP) is 1.54. The zero-order valence-corrected chi connectivity index (χ0v) is 15.4. The number of aromatic nitrogens is 2. The smallest absolute Gasteiger partial charge is 0.330 e. The van der Waals surface area contributed by atoms with E-state index in [1.54, 1.807) is 18.8 Å². The molecule has 13 heteroatoms. The molecular formula is C12H14ClF2N2O6PS. The first-order valence-corrected chi connectivity index (χ1v) is 10.1. The predicted molar refractivity (Wildman–Crippen MR) is 86.2 cm³/mol. The molecule has 0 aliphatic carbocycles. The van der Waals surface area contributed by atoms with Crippen molar-refractivity contribution in [3.8, 4) is 0 Å². The molecule has 2 aliphatic heterocycles. The molecule has 1 N–H and O–H groups in total. The largest absolute Gasteiger partial charge is 0.344 e. The molecule has 8 nitrogen and oxygen atoms in total. The summed E-state index contributed by atoms with van der Waals surface area (Å²) in [4.78, 5) is 24.7. The van der Waals surface area contributed by atoms with Crippen molar-refractivity contribution in [3.05, 3.63) is 32.9 Å². The molecular weight excluding hydrogens is 405 g/mol. The van der Waals surface area contributed by atoms with E-state index >= 15 is 4.39 Å². The number of fused-ring (bicyclic) bond motifs is 1. The molecule has 25 heavy (non-hydrogen) atoms.